The van der Waals surface area contributed by atoms with E-state index < -0.39 is 0 Å². The highest BCUT2D eigenvalue weighted by Gasteiger charge is 2.12. The van der Waals surface area contributed by atoms with Crippen LogP contribution in [0.4, 0.5) is 0 Å². The number of aromatic nitrogens is 4. The standard InChI is InChI=1S/C21H23N7O/c1-27-13-11-19(12-14-27)22-24-21(29)18-9-7-16(8-10-18)15-28-25-20(23-26-28)17-5-3-2-4-6-17/h2-11,22H,12-15H2,1H3,(H,24,29)/p+1. The zero-order valence-electron chi connectivity index (χ0n) is 16.3. The zero-order valence-corrected chi connectivity index (χ0v) is 16.3. The number of amides is 1. The van der Waals surface area contributed by atoms with E-state index in [1.807, 2.05) is 42.5 Å². The first kappa shape index (κ1) is 18.8. The van der Waals surface area contributed by atoms with Gasteiger partial charge in [0.05, 0.1) is 26.7 Å². The lowest BCUT2D eigenvalue weighted by Crippen LogP contribution is -3.09. The van der Waals surface area contributed by atoms with E-state index in [1.54, 1.807) is 16.9 Å². The van der Waals surface area contributed by atoms with E-state index in [1.165, 1.54) is 4.90 Å². The van der Waals surface area contributed by atoms with Gasteiger partial charge < -0.3 is 10.3 Å². The smallest absolute Gasteiger partial charge is 0.269 e. The van der Waals surface area contributed by atoms with Gasteiger partial charge in [-0.25, -0.2) is 0 Å². The summed E-state index contributed by atoms with van der Waals surface area (Å²) in [5, 5.41) is 12.6. The Morgan fingerprint density at radius 2 is 1.93 bits per heavy atom. The topological polar surface area (TPSA) is 89.2 Å². The molecule has 8 heteroatoms. The van der Waals surface area contributed by atoms with Gasteiger partial charge in [-0.15, -0.1) is 10.2 Å². The molecule has 1 unspecified atom stereocenters. The maximum absolute atomic E-state index is 12.3. The largest absolute Gasteiger partial charge is 0.334 e. The summed E-state index contributed by atoms with van der Waals surface area (Å²) in [6.07, 6.45) is 3.05. The summed E-state index contributed by atoms with van der Waals surface area (Å²) in [6.45, 7) is 2.52. The Bertz CT molecular complexity index is 995. The van der Waals surface area contributed by atoms with Gasteiger partial charge in [-0.3, -0.25) is 10.2 Å². The first-order valence-corrected chi connectivity index (χ1v) is 9.66. The summed E-state index contributed by atoms with van der Waals surface area (Å²) >= 11 is 0. The Morgan fingerprint density at radius 1 is 1.14 bits per heavy atom. The van der Waals surface area contributed by atoms with Crippen molar-refractivity contribution in [3.8, 4) is 11.4 Å². The molecule has 29 heavy (non-hydrogen) atoms. The Balaban J connectivity index is 1.33. The zero-order chi connectivity index (χ0) is 20.1. The van der Waals surface area contributed by atoms with Crippen LogP contribution in [0.1, 0.15) is 22.3 Å². The predicted molar refractivity (Wildman–Crippen MR) is 109 cm³/mol. The molecule has 4 rings (SSSR count). The molecule has 1 aromatic heterocycles. The molecule has 0 spiro atoms. The molecule has 3 aromatic rings. The number of hydrazine groups is 1. The number of quaternary nitrogens is 1. The van der Waals surface area contributed by atoms with E-state index in [4.69, 9.17) is 0 Å². The Hall–Kier alpha value is -3.52. The number of hydrogen-bond acceptors (Lipinski definition) is 5. The van der Waals surface area contributed by atoms with E-state index in [0.29, 0.717) is 17.9 Å². The maximum Gasteiger partial charge on any atom is 0.269 e. The van der Waals surface area contributed by atoms with E-state index >= 15 is 0 Å². The minimum atomic E-state index is -0.158. The van der Waals surface area contributed by atoms with Crippen LogP contribution in [0.3, 0.4) is 0 Å². The number of nitrogens with one attached hydrogen (secondary N) is 3. The van der Waals surface area contributed by atoms with Gasteiger partial charge >= 0.3 is 0 Å². The fourth-order valence-corrected chi connectivity index (χ4v) is 3.11. The van der Waals surface area contributed by atoms with Crippen molar-refractivity contribution < 1.29 is 9.69 Å². The van der Waals surface area contributed by atoms with E-state index in [-0.39, 0.29) is 5.91 Å². The second kappa shape index (κ2) is 8.66. The molecule has 0 bridgehead atoms. The monoisotopic (exact) mass is 390 g/mol. The molecule has 1 aliphatic heterocycles. The van der Waals surface area contributed by atoms with Crippen LogP contribution in [0.5, 0.6) is 0 Å². The minimum absolute atomic E-state index is 0.158. The lowest BCUT2D eigenvalue weighted by Gasteiger charge is -2.20. The van der Waals surface area contributed by atoms with Crippen molar-refractivity contribution in [2.75, 3.05) is 20.1 Å². The highest BCUT2D eigenvalue weighted by atomic mass is 16.2. The van der Waals surface area contributed by atoms with Crippen LogP contribution in [-0.4, -0.2) is 46.3 Å². The third-order valence-electron chi connectivity index (χ3n) is 4.88. The summed E-state index contributed by atoms with van der Waals surface area (Å²) in [5.74, 6) is 0.437. The molecule has 0 radical (unpaired) electrons. The quantitative estimate of drug-likeness (QED) is 0.531. The van der Waals surface area contributed by atoms with Crippen LogP contribution in [0, 0.1) is 0 Å². The average Bonchev–Trinajstić information content (AvgIpc) is 3.23. The van der Waals surface area contributed by atoms with Gasteiger partial charge in [0.2, 0.25) is 5.82 Å². The molecule has 1 amide bonds. The maximum atomic E-state index is 12.3. The van der Waals surface area contributed by atoms with E-state index in [9.17, 15) is 4.79 Å². The summed E-state index contributed by atoms with van der Waals surface area (Å²) < 4.78 is 0. The van der Waals surface area contributed by atoms with Gasteiger partial charge in [0.1, 0.15) is 0 Å². The molecule has 0 fully saturated rings. The number of nitrogens with zero attached hydrogens (tertiary/aromatic N) is 4. The fourth-order valence-electron chi connectivity index (χ4n) is 3.11. The van der Waals surface area contributed by atoms with Gasteiger partial charge in [-0.2, -0.15) is 4.80 Å². The van der Waals surface area contributed by atoms with Crippen molar-refractivity contribution in [1.82, 2.24) is 31.1 Å². The van der Waals surface area contributed by atoms with Crippen LogP contribution in [0.25, 0.3) is 11.4 Å². The number of carbonyl (C=O) groups excluding carboxylic acids is 1. The lowest BCUT2D eigenvalue weighted by atomic mass is 10.1. The van der Waals surface area contributed by atoms with Crippen LogP contribution in [0.2, 0.25) is 0 Å². The molecule has 0 saturated carbocycles. The SMILES string of the molecule is C[NH+]1CC=C(NNC(=O)c2ccc(Cn3nnc(-c4ccccc4)n3)cc2)CC1. The lowest BCUT2D eigenvalue weighted by molar-refractivity contribution is -0.875. The highest BCUT2D eigenvalue weighted by molar-refractivity contribution is 5.93. The highest BCUT2D eigenvalue weighted by Crippen LogP contribution is 2.12. The molecule has 3 N–H and O–H groups in total. The molecule has 1 aliphatic rings. The van der Waals surface area contributed by atoms with Crippen molar-refractivity contribution in [2.45, 2.75) is 13.0 Å². The van der Waals surface area contributed by atoms with Crippen molar-refractivity contribution in [3.63, 3.8) is 0 Å². The first-order valence-electron chi connectivity index (χ1n) is 9.66. The number of rotatable bonds is 6. The molecule has 1 atom stereocenters. The molecule has 0 aliphatic carbocycles. The normalized spacial score (nSPS) is 16.2. The van der Waals surface area contributed by atoms with Crippen LogP contribution in [0.15, 0.2) is 66.4 Å². The van der Waals surface area contributed by atoms with Crippen LogP contribution < -0.4 is 15.8 Å². The Labute approximate surface area is 169 Å². The second-order valence-electron chi connectivity index (χ2n) is 7.18. The van der Waals surface area contributed by atoms with Crippen molar-refractivity contribution >= 4 is 5.91 Å². The average molecular weight is 390 g/mol. The Morgan fingerprint density at radius 3 is 2.66 bits per heavy atom. The first-order chi connectivity index (χ1) is 14.2. The van der Waals surface area contributed by atoms with Gasteiger partial charge in [0.15, 0.2) is 0 Å². The summed E-state index contributed by atoms with van der Waals surface area (Å²) in [6, 6.07) is 17.1. The third-order valence-corrected chi connectivity index (χ3v) is 4.88. The van der Waals surface area contributed by atoms with E-state index in [2.05, 4.69) is 39.4 Å². The summed E-state index contributed by atoms with van der Waals surface area (Å²) in [7, 11) is 2.16. The second-order valence-corrected chi connectivity index (χ2v) is 7.18. The molecular weight excluding hydrogens is 366 g/mol. The predicted octanol–water partition coefficient (Wildman–Crippen LogP) is 0.425. The molecule has 2 heterocycles. The van der Waals surface area contributed by atoms with E-state index in [0.717, 1.165) is 36.3 Å². The van der Waals surface area contributed by atoms with Crippen molar-refractivity contribution in [2.24, 2.45) is 0 Å². The van der Waals surface area contributed by atoms with Crippen LogP contribution >= 0.6 is 0 Å². The minimum Gasteiger partial charge on any atom is -0.334 e. The third kappa shape index (κ3) is 4.85. The number of likely N-dealkylation sites (N-methyl/N-ethyl adjacent to an activating group) is 1. The molecular formula is C21H24N7O+. The number of carbonyl (C=O) groups is 1. The van der Waals surface area contributed by atoms with Gasteiger partial charge in [-0.1, -0.05) is 42.5 Å². The fraction of sp³-hybridized carbons (Fsp3) is 0.238. The summed E-state index contributed by atoms with van der Waals surface area (Å²) in [4.78, 5) is 15.4. The van der Waals surface area contributed by atoms with Gasteiger partial charge in [0, 0.05) is 23.2 Å². The van der Waals surface area contributed by atoms with Crippen LogP contribution in [-0.2, 0) is 6.54 Å². The van der Waals surface area contributed by atoms with Crippen molar-refractivity contribution in [1.29, 1.82) is 0 Å². The van der Waals surface area contributed by atoms with Crippen molar-refractivity contribution in [3.05, 3.63) is 77.5 Å². The molecule has 0 saturated heterocycles. The number of benzene rings is 2. The number of hydrogen-bond donors (Lipinski definition) is 3. The Kier molecular flexibility index (Phi) is 5.62. The van der Waals surface area contributed by atoms with Gasteiger partial charge in [-0.05, 0) is 29.0 Å². The number of tetrazole rings is 1. The van der Waals surface area contributed by atoms with Gasteiger partial charge in [0.25, 0.3) is 5.91 Å². The molecule has 148 valence electrons. The molecule has 8 nitrogen and oxygen atoms in total. The molecule has 2 aromatic carbocycles. The summed E-state index contributed by atoms with van der Waals surface area (Å²) in [5.41, 5.74) is 9.38.